The third kappa shape index (κ3) is 2.22. The van der Waals surface area contributed by atoms with Crippen LogP contribution in [-0.2, 0) is 9.53 Å². The molecule has 0 unspecified atom stereocenters. The molecule has 1 saturated carbocycles. The molecule has 4 nitrogen and oxygen atoms in total. The molecule has 2 saturated heterocycles. The van der Waals surface area contributed by atoms with E-state index >= 15 is 0 Å². The van der Waals surface area contributed by atoms with Gasteiger partial charge in [-0.3, -0.25) is 4.79 Å². The second-order valence-electron chi connectivity index (χ2n) is 6.67. The van der Waals surface area contributed by atoms with Crippen LogP contribution in [0.1, 0.15) is 32.1 Å². The Kier molecular flexibility index (Phi) is 3.49. The fraction of sp³-hybridized carbons (Fsp3) is 0.929. The van der Waals surface area contributed by atoms with Gasteiger partial charge in [0.25, 0.3) is 11.8 Å². The number of hydrogen-bond acceptors (Lipinski definition) is 3. The number of hydrogen-bond donors (Lipinski definition) is 1. The van der Waals surface area contributed by atoms with Gasteiger partial charge in [-0.15, -0.1) is 0 Å². The zero-order valence-corrected chi connectivity index (χ0v) is 12.1. The van der Waals surface area contributed by atoms with E-state index in [0.717, 1.165) is 4.90 Å². The molecule has 0 aromatic carbocycles. The third-order valence-corrected chi connectivity index (χ3v) is 5.39. The molecule has 3 fully saturated rings. The number of ether oxygens (including phenoxy) is 1. The smallest absolute Gasteiger partial charge is 0.352 e. The van der Waals surface area contributed by atoms with E-state index in [1.54, 1.807) is 0 Å². The highest BCUT2D eigenvalue weighted by atomic mass is 19.3. The number of halogens is 4. The average molecular weight is 325 g/mol. The van der Waals surface area contributed by atoms with Crippen LogP contribution in [0, 0.1) is 5.41 Å². The Bertz CT molecular complexity index is 469. The molecule has 22 heavy (non-hydrogen) atoms. The van der Waals surface area contributed by atoms with Crippen LogP contribution in [0.5, 0.6) is 0 Å². The topological polar surface area (TPSA) is 49.8 Å². The zero-order valence-electron chi connectivity index (χ0n) is 12.1. The molecule has 2 heterocycles. The molecule has 1 N–H and O–H groups in total. The minimum atomic E-state index is -3.92. The Balaban J connectivity index is 1.66. The largest absolute Gasteiger partial charge is 0.383 e. The minimum Gasteiger partial charge on any atom is -0.383 e. The number of carbonyl (C=O) groups excluding carboxylic acids is 1. The van der Waals surface area contributed by atoms with Crippen molar-refractivity contribution in [2.24, 2.45) is 5.41 Å². The number of aliphatic hydroxyl groups is 1. The highest BCUT2D eigenvalue weighted by Gasteiger charge is 2.71. The van der Waals surface area contributed by atoms with E-state index in [2.05, 4.69) is 0 Å². The van der Waals surface area contributed by atoms with Crippen LogP contribution >= 0.6 is 0 Å². The molecule has 1 amide bonds. The Morgan fingerprint density at radius 2 is 1.59 bits per heavy atom. The molecule has 0 aromatic heterocycles. The summed E-state index contributed by atoms with van der Waals surface area (Å²) in [4.78, 5) is 13.0. The Morgan fingerprint density at radius 3 is 2.05 bits per heavy atom. The van der Waals surface area contributed by atoms with E-state index in [-0.39, 0.29) is 58.4 Å². The van der Waals surface area contributed by atoms with Crippen molar-refractivity contribution in [3.05, 3.63) is 0 Å². The summed E-state index contributed by atoms with van der Waals surface area (Å²) in [6.07, 6.45) is -0.796. The lowest BCUT2D eigenvalue weighted by Gasteiger charge is -2.41. The highest BCUT2D eigenvalue weighted by Crippen LogP contribution is 2.65. The van der Waals surface area contributed by atoms with Gasteiger partial charge in [-0.2, -0.15) is 8.78 Å². The van der Waals surface area contributed by atoms with Crippen LogP contribution in [0.4, 0.5) is 17.6 Å². The standard InChI is InChI=1S/C14H19F4NO3/c15-13(16)9-11(13)1-5-19(6-2-11)10(20)14(17,18)12(21)3-7-22-8-4-12/h21H,1-9H2. The fourth-order valence-electron chi connectivity index (χ4n) is 3.48. The normalized spacial score (nSPS) is 29.4. The lowest BCUT2D eigenvalue weighted by atomic mass is 9.85. The molecule has 1 spiro atoms. The molecular weight excluding hydrogens is 306 g/mol. The fourth-order valence-corrected chi connectivity index (χ4v) is 3.48. The van der Waals surface area contributed by atoms with Gasteiger partial charge in [-0.25, -0.2) is 8.78 Å². The molecule has 2 aliphatic heterocycles. The number of piperidine rings is 1. The van der Waals surface area contributed by atoms with Crippen LogP contribution < -0.4 is 0 Å². The maximum absolute atomic E-state index is 14.4. The Labute approximate surface area is 125 Å². The van der Waals surface area contributed by atoms with Crippen LogP contribution in [0.2, 0.25) is 0 Å². The first-order chi connectivity index (χ1) is 10.1. The van der Waals surface area contributed by atoms with Crippen LogP contribution in [0.3, 0.4) is 0 Å². The number of nitrogens with zero attached hydrogens (tertiary/aromatic N) is 1. The van der Waals surface area contributed by atoms with E-state index in [0.29, 0.717) is 0 Å². The summed E-state index contributed by atoms with van der Waals surface area (Å²) >= 11 is 0. The summed E-state index contributed by atoms with van der Waals surface area (Å²) in [5.41, 5.74) is -3.52. The van der Waals surface area contributed by atoms with E-state index in [9.17, 15) is 27.5 Å². The summed E-state index contributed by atoms with van der Waals surface area (Å²) < 4.78 is 60.3. The first kappa shape index (κ1) is 16.0. The predicted octanol–water partition coefficient (Wildman–Crippen LogP) is 1.81. The average Bonchev–Trinajstić information content (AvgIpc) is 3.00. The molecule has 0 aromatic rings. The van der Waals surface area contributed by atoms with Gasteiger partial charge in [0.05, 0.1) is 0 Å². The van der Waals surface area contributed by atoms with Gasteiger partial charge in [0, 0.05) is 51.0 Å². The quantitative estimate of drug-likeness (QED) is 0.788. The molecular formula is C14H19F4NO3. The number of carbonyl (C=O) groups is 1. The zero-order chi connectivity index (χ0) is 16.2. The van der Waals surface area contributed by atoms with Gasteiger partial charge in [-0.1, -0.05) is 0 Å². The first-order valence-electron chi connectivity index (χ1n) is 7.49. The third-order valence-electron chi connectivity index (χ3n) is 5.39. The van der Waals surface area contributed by atoms with Gasteiger partial charge in [0.15, 0.2) is 0 Å². The van der Waals surface area contributed by atoms with Gasteiger partial charge < -0.3 is 14.7 Å². The van der Waals surface area contributed by atoms with Crippen molar-refractivity contribution in [2.45, 2.75) is 49.6 Å². The summed E-state index contributed by atoms with van der Waals surface area (Å²) in [5, 5.41) is 10.1. The summed E-state index contributed by atoms with van der Waals surface area (Å²) in [5.74, 6) is -8.12. The number of alkyl halides is 4. The SMILES string of the molecule is O=C(N1CCC2(CC1)CC2(F)F)C(F)(F)C1(O)CCOCC1. The molecule has 3 rings (SSSR count). The van der Waals surface area contributed by atoms with Crippen molar-refractivity contribution in [1.82, 2.24) is 4.90 Å². The first-order valence-corrected chi connectivity index (χ1v) is 7.49. The van der Waals surface area contributed by atoms with Crippen molar-refractivity contribution in [2.75, 3.05) is 26.3 Å². The molecule has 1 aliphatic carbocycles. The second-order valence-corrected chi connectivity index (χ2v) is 6.67. The number of amides is 1. The molecule has 126 valence electrons. The molecule has 0 radical (unpaired) electrons. The van der Waals surface area contributed by atoms with E-state index < -0.39 is 28.8 Å². The molecule has 3 aliphatic rings. The Hall–Kier alpha value is -0.890. The van der Waals surface area contributed by atoms with Crippen LogP contribution in [-0.4, -0.2) is 59.7 Å². The molecule has 8 heteroatoms. The Morgan fingerprint density at radius 1 is 1.09 bits per heavy atom. The summed E-state index contributed by atoms with van der Waals surface area (Å²) in [7, 11) is 0. The van der Waals surface area contributed by atoms with Gasteiger partial charge in [0.2, 0.25) is 0 Å². The number of rotatable bonds is 2. The second kappa shape index (κ2) is 4.80. The maximum atomic E-state index is 14.4. The van der Waals surface area contributed by atoms with Crippen molar-refractivity contribution in [1.29, 1.82) is 0 Å². The van der Waals surface area contributed by atoms with Crippen LogP contribution in [0.25, 0.3) is 0 Å². The number of likely N-dealkylation sites (tertiary alicyclic amines) is 1. The van der Waals surface area contributed by atoms with Crippen molar-refractivity contribution < 1.29 is 32.2 Å². The van der Waals surface area contributed by atoms with Gasteiger partial charge in [0.1, 0.15) is 5.60 Å². The van der Waals surface area contributed by atoms with Crippen molar-refractivity contribution in [3.8, 4) is 0 Å². The minimum absolute atomic E-state index is 0.0311. The monoisotopic (exact) mass is 325 g/mol. The maximum Gasteiger partial charge on any atom is 0.352 e. The van der Waals surface area contributed by atoms with E-state index in [1.807, 2.05) is 0 Å². The lowest BCUT2D eigenvalue weighted by molar-refractivity contribution is -0.221. The van der Waals surface area contributed by atoms with Gasteiger partial charge >= 0.3 is 5.92 Å². The van der Waals surface area contributed by atoms with Crippen molar-refractivity contribution in [3.63, 3.8) is 0 Å². The lowest BCUT2D eigenvalue weighted by Crippen LogP contribution is -2.61. The van der Waals surface area contributed by atoms with E-state index in [1.165, 1.54) is 0 Å². The molecule has 0 atom stereocenters. The predicted molar refractivity (Wildman–Crippen MR) is 67.8 cm³/mol. The summed E-state index contributed by atoms with van der Waals surface area (Å²) in [6, 6.07) is 0. The van der Waals surface area contributed by atoms with Crippen LogP contribution in [0.15, 0.2) is 0 Å². The van der Waals surface area contributed by atoms with Gasteiger partial charge in [-0.05, 0) is 12.8 Å². The molecule has 0 bridgehead atoms. The summed E-state index contributed by atoms with van der Waals surface area (Å²) in [6.45, 7) is -0.295. The van der Waals surface area contributed by atoms with Crippen molar-refractivity contribution >= 4 is 5.91 Å². The highest BCUT2D eigenvalue weighted by molar-refractivity contribution is 5.85. The van der Waals surface area contributed by atoms with E-state index in [4.69, 9.17) is 4.74 Å².